The number of esters is 2. The average molecular weight is 905 g/mol. The number of carboxylic acid groups (broad SMARTS) is 1. The monoisotopic (exact) mass is 905 g/mol. The van der Waals surface area contributed by atoms with Crippen LogP contribution in [0.4, 0.5) is 0 Å². The van der Waals surface area contributed by atoms with E-state index in [0.29, 0.717) is 19.3 Å². The molecule has 0 saturated heterocycles. The summed E-state index contributed by atoms with van der Waals surface area (Å²) in [6, 6.07) is -0.628. The third kappa shape index (κ3) is 45.0. The Labute approximate surface area is 398 Å². The highest BCUT2D eigenvalue weighted by atomic mass is 16.6. The van der Waals surface area contributed by atoms with E-state index in [-0.39, 0.29) is 36.2 Å². The summed E-state index contributed by atoms with van der Waals surface area (Å²) < 4.78 is 17.3. The second-order valence-corrected chi connectivity index (χ2v) is 17.7. The van der Waals surface area contributed by atoms with Crippen molar-refractivity contribution in [2.45, 2.75) is 193 Å². The highest BCUT2D eigenvalue weighted by Crippen LogP contribution is 2.14. The summed E-state index contributed by atoms with van der Waals surface area (Å²) in [5.74, 6) is -1.53. The number of nitrogens with zero attached hydrogens (tertiary/aromatic N) is 1. The fraction of sp³-hybridized carbons (Fsp3) is 0.632. The van der Waals surface area contributed by atoms with Gasteiger partial charge in [-0.2, -0.15) is 0 Å². The van der Waals surface area contributed by atoms with Gasteiger partial charge < -0.3 is 23.8 Å². The molecule has 0 aromatic rings. The number of unbranched alkanes of at least 4 members (excludes halogenated alkanes) is 12. The van der Waals surface area contributed by atoms with Gasteiger partial charge in [-0.25, -0.2) is 4.79 Å². The molecule has 0 aromatic carbocycles. The van der Waals surface area contributed by atoms with Gasteiger partial charge in [-0.15, -0.1) is 0 Å². The quantitative estimate of drug-likeness (QED) is 0.0281. The smallest absolute Gasteiger partial charge is 0.362 e. The van der Waals surface area contributed by atoms with Crippen LogP contribution in [0.5, 0.6) is 0 Å². The second-order valence-electron chi connectivity index (χ2n) is 17.7. The molecule has 8 nitrogen and oxygen atoms in total. The normalized spacial score (nSPS) is 13.8. The molecule has 2 atom stereocenters. The van der Waals surface area contributed by atoms with Gasteiger partial charge in [-0.1, -0.05) is 175 Å². The first-order valence-electron chi connectivity index (χ1n) is 25.4. The molecule has 0 amide bonds. The van der Waals surface area contributed by atoms with Crippen LogP contribution in [0.2, 0.25) is 0 Å². The van der Waals surface area contributed by atoms with Gasteiger partial charge in [0.05, 0.1) is 34.4 Å². The lowest BCUT2D eigenvalue weighted by atomic mass is 10.1. The number of ether oxygens (including phenoxy) is 3. The van der Waals surface area contributed by atoms with Crippen molar-refractivity contribution in [3.8, 4) is 0 Å². The summed E-state index contributed by atoms with van der Waals surface area (Å²) in [5.41, 5.74) is 0. The number of allylic oxidation sites excluding steroid dienone is 18. The molecule has 0 spiro atoms. The standard InChI is InChI=1S/C57H93NO7/c1-6-8-10-12-14-16-18-20-22-24-26-27-28-30-31-33-35-37-39-41-43-45-47-55(59)64-52-53(51-63-50-49-54(57(61)62)58(3,4)5)65-56(60)48-46-44-42-40-38-36-34-32-29-25-23-21-19-17-15-13-11-9-7-2/h8-11,14-17,20-23,26-27,30-31,35,37,53-54H,6-7,12-13,18-19,24-25,28-29,32-34,36,38-52H2,1-5H3/p+1/b10-8+,11-9+,16-14+,17-15+,22-20+,23-21+,27-26+,31-30+,37-35+. The number of carbonyl (C=O) groups excluding carboxylic acids is 2. The Morgan fingerprint density at radius 3 is 1.22 bits per heavy atom. The van der Waals surface area contributed by atoms with E-state index in [1.165, 1.54) is 38.5 Å². The van der Waals surface area contributed by atoms with E-state index in [9.17, 15) is 19.5 Å². The zero-order valence-electron chi connectivity index (χ0n) is 41.9. The molecule has 0 heterocycles. The average Bonchev–Trinajstić information content (AvgIpc) is 3.27. The molecule has 0 bridgehead atoms. The van der Waals surface area contributed by atoms with Crippen LogP contribution in [0, 0.1) is 0 Å². The fourth-order valence-electron chi connectivity index (χ4n) is 6.81. The number of hydrogen-bond acceptors (Lipinski definition) is 6. The number of carbonyl (C=O) groups is 3. The number of rotatable bonds is 44. The van der Waals surface area contributed by atoms with Gasteiger partial charge in [0.15, 0.2) is 12.1 Å². The van der Waals surface area contributed by atoms with Crippen LogP contribution < -0.4 is 0 Å². The van der Waals surface area contributed by atoms with Crippen molar-refractivity contribution in [3.05, 3.63) is 109 Å². The van der Waals surface area contributed by atoms with Crippen molar-refractivity contribution in [1.29, 1.82) is 0 Å². The van der Waals surface area contributed by atoms with Gasteiger partial charge in [-0.05, 0) is 96.3 Å². The van der Waals surface area contributed by atoms with Crippen LogP contribution in [0.1, 0.15) is 181 Å². The number of carboxylic acids is 1. The van der Waals surface area contributed by atoms with E-state index in [2.05, 4.69) is 123 Å². The van der Waals surface area contributed by atoms with Crippen molar-refractivity contribution in [2.75, 3.05) is 41.0 Å². The van der Waals surface area contributed by atoms with E-state index >= 15 is 0 Å². The Hall–Kier alpha value is -4.01. The molecule has 65 heavy (non-hydrogen) atoms. The molecule has 368 valence electrons. The zero-order valence-corrected chi connectivity index (χ0v) is 41.9. The van der Waals surface area contributed by atoms with Crippen molar-refractivity contribution in [2.24, 2.45) is 0 Å². The van der Waals surface area contributed by atoms with Crippen LogP contribution in [-0.2, 0) is 28.6 Å². The minimum atomic E-state index is -0.885. The third-order valence-electron chi connectivity index (χ3n) is 10.7. The number of aliphatic carboxylic acids is 1. The van der Waals surface area contributed by atoms with Crippen LogP contribution in [-0.4, -0.2) is 80.6 Å². The molecule has 0 aliphatic heterocycles. The van der Waals surface area contributed by atoms with E-state index in [4.69, 9.17) is 14.2 Å². The van der Waals surface area contributed by atoms with Crippen LogP contribution in [0.25, 0.3) is 0 Å². The van der Waals surface area contributed by atoms with Crippen molar-refractivity contribution in [3.63, 3.8) is 0 Å². The minimum Gasteiger partial charge on any atom is -0.477 e. The molecule has 0 saturated carbocycles. The first kappa shape index (κ1) is 61.0. The maximum atomic E-state index is 12.8. The molecule has 0 radical (unpaired) electrons. The molecule has 8 heteroatoms. The van der Waals surface area contributed by atoms with Gasteiger partial charge in [0.1, 0.15) is 6.61 Å². The summed E-state index contributed by atoms with van der Waals surface area (Å²) in [7, 11) is 5.51. The second kappa shape index (κ2) is 46.5. The number of hydrogen-bond donors (Lipinski definition) is 1. The SMILES string of the molecule is CC/C=C/C/C=C/C/C=C/C/C=C/C/C=C/C/C=C/CCCCCC(=O)OCC(COCCC(C(=O)O)[N+](C)(C)C)OC(=O)CCCCCCCCCCC/C=C/C/C=C/C/C=C/CC. The summed E-state index contributed by atoms with van der Waals surface area (Å²) in [5, 5.41) is 9.66. The summed E-state index contributed by atoms with van der Waals surface area (Å²) in [6.45, 7) is 4.46. The topological polar surface area (TPSA) is 99.1 Å². The van der Waals surface area contributed by atoms with E-state index < -0.39 is 18.1 Å². The number of likely N-dealkylation sites (N-methyl/N-ethyl adjacent to an activating group) is 1. The first-order valence-corrected chi connectivity index (χ1v) is 25.4. The van der Waals surface area contributed by atoms with E-state index in [1.54, 1.807) is 0 Å². The molecule has 0 aromatic heterocycles. The molecular formula is C57H94NO7+. The fourth-order valence-corrected chi connectivity index (χ4v) is 6.81. The minimum absolute atomic E-state index is 0.0410. The van der Waals surface area contributed by atoms with Crippen molar-refractivity contribution < 1.29 is 38.2 Å². The summed E-state index contributed by atoms with van der Waals surface area (Å²) >= 11 is 0. The summed E-state index contributed by atoms with van der Waals surface area (Å²) in [6.07, 6.45) is 64.2. The van der Waals surface area contributed by atoms with Gasteiger partial charge in [-0.3, -0.25) is 9.59 Å². The molecular weight excluding hydrogens is 811 g/mol. The van der Waals surface area contributed by atoms with Gasteiger partial charge >= 0.3 is 17.9 Å². The lowest BCUT2D eigenvalue weighted by Gasteiger charge is -2.31. The van der Waals surface area contributed by atoms with Crippen LogP contribution in [0.3, 0.4) is 0 Å². The molecule has 0 aliphatic rings. The molecule has 0 aliphatic carbocycles. The lowest BCUT2D eigenvalue weighted by molar-refractivity contribution is -0.887. The highest BCUT2D eigenvalue weighted by molar-refractivity contribution is 5.72. The van der Waals surface area contributed by atoms with Gasteiger partial charge in [0.2, 0.25) is 0 Å². The Morgan fingerprint density at radius 1 is 0.462 bits per heavy atom. The summed E-state index contributed by atoms with van der Waals surface area (Å²) in [4.78, 5) is 37.2. The van der Waals surface area contributed by atoms with Gasteiger partial charge in [0.25, 0.3) is 0 Å². The number of quaternary nitrogens is 1. The maximum absolute atomic E-state index is 12.8. The largest absolute Gasteiger partial charge is 0.477 e. The predicted octanol–water partition coefficient (Wildman–Crippen LogP) is 14.8. The van der Waals surface area contributed by atoms with Crippen molar-refractivity contribution >= 4 is 17.9 Å². The maximum Gasteiger partial charge on any atom is 0.362 e. The Bertz CT molecular complexity index is 1420. The Kier molecular flexibility index (Phi) is 43.6. The molecule has 0 rings (SSSR count). The van der Waals surface area contributed by atoms with Gasteiger partial charge in [0, 0.05) is 19.3 Å². The molecule has 2 unspecified atom stereocenters. The van der Waals surface area contributed by atoms with Crippen LogP contribution in [0.15, 0.2) is 109 Å². The molecule has 1 N–H and O–H groups in total. The Morgan fingerprint density at radius 2 is 0.815 bits per heavy atom. The van der Waals surface area contributed by atoms with E-state index in [0.717, 1.165) is 109 Å². The predicted molar refractivity (Wildman–Crippen MR) is 275 cm³/mol. The highest BCUT2D eigenvalue weighted by Gasteiger charge is 2.31. The lowest BCUT2D eigenvalue weighted by Crippen LogP contribution is -2.50. The third-order valence-corrected chi connectivity index (χ3v) is 10.7. The van der Waals surface area contributed by atoms with Crippen LogP contribution >= 0.6 is 0 Å². The molecule has 0 fully saturated rings. The van der Waals surface area contributed by atoms with E-state index in [1.807, 2.05) is 21.1 Å². The Balaban J connectivity index is 4.35. The zero-order chi connectivity index (χ0) is 47.7. The first-order chi connectivity index (χ1) is 31.6. The van der Waals surface area contributed by atoms with Crippen molar-refractivity contribution in [1.82, 2.24) is 0 Å².